The van der Waals surface area contributed by atoms with Crippen LogP contribution in [-0.2, 0) is 9.59 Å². The largest absolute Gasteiger partial charge is 0.481 e. The average molecular weight is 269 g/mol. The number of urea groups is 1. The first-order chi connectivity index (χ1) is 9.06. The zero-order valence-electron chi connectivity index (χ0n) is 10.7. The van der Waals surface area contributed by atoms with Crippen LogP contribution in [0.5, 0.6) is 0 Å². The first kappa shape index (κ1) is 13.6. The highest BCUT2D eigenvalue weighted by Crippen LogP contribution is 2.18. The van der Waals surface area contributed by atoms with Crippen molar-refractivity contribution < 1.29 is 19.5 Å². The monoisotopic (exact) mass is 269 g/mol. The molecule has 19 heavy (non-hydrogen) atoms. The van der Waals surface area contributed by atoms with Crippen molar-refractivity contribution in [2.24, 2.45) is 5.92 Å². The molecule has 0 bridgehead atoms. The lowest BCUT2D eigenvalue weighted by molar-refractivity contribution is -0.143. The summed E-state index contributed by atoms with van der Waals surface area (Å²) in [5, 5.41) is 14.2. The van der Waals surface area contributed by atoms with E-state index in [1.807, 2.05) is 0 Å². The molecule has 1 saturated carbocycles. The smallest absolute Gasteiger partial charge is 0.317 e. The molecular formula is C12H19N3O4. The molecule has 0 radical (unpaired) electrons. The van der Waals surface area contributed by atoms with E-state index in [4.69, 9.17) is 5.11 Å². The molecular weight excluding hydrogens is 250 g/mol. The molecule has 2 aliphatic rings. The fourth-order valence-electron chi connectivity index (χ4n) is 2.10. The number of rotatable bonds is 4. The van der Waals surface area contributed by atoms with E-state index in [9.17, 15) is 14.4 Å². The van der Waals surface area contributed by atoms with Gasteiger partial charge in [0.05, 0.1) is 12.5 Å². The number of carboxylic acid groups (broad SMARTS) is 1. The van der Waals surface area contributed by atoms with Gasteiger partial charge in [-0.15, -0.1) is 0 Å². The van der Waals surface area contributed by atoms with E-state index in [-0.39, 0.29) is 30.4 Å². The van der Waals surface area contributed by atoms with Gasteiger partial charge in [-0.3, -0.25) is 9.59 Å². The van der Waals surface area contributed by atoms with Crippen molar-refractivity contribution in [3.63, 3.8) is 0 Å². The highest BCUT2D eigenvalue weighted by molar-refractivity contribution is 5.84. The molecule has 7 nitrogen and oxygen atoms in total. The number of aliphatic carboxylic acids is 1. The van der Waals surface area contributed by atoms with E-state index in [1.54, 1.807) is 4.90 Å². The maximum absolute atomic E-state index is 11.8. The van der Waals surface area contributed by atoms with Gasteiger partial charge in [0.1, 0.15) is 0 Å². The molecule has 3 N–H and O–H groups in total. The number of hydrogen-bond acceptors (Lipinski definition) is 3. The summed E-state index contributed by atoms with van der Waals surface area (Å²) in [5.41, 5.74) is 0. The Morgan fingerprint density at radius 3 is 2.26 bits per heavy atom. The SMILES string of the molecule is O=C(CNC(=O)N1CCC(C(=O)O)CC1)NC1CC1. The van der Waals surface area contributed by atoms with Crippen LogP contribution in [-0.4, -0.2) is 53.6 Å². The van der Waals surface area contributed by atoms with Crippen LogP contribution in [0.15, 0.2) is 0 Å². The number of amides is 3. The lowest BCUT2D eigenvalue weighted by Gasteiger charge is -2.30. The van der Waals surface area contributed by atoms with Crippen LogP contribution in [0.4, 0.5) is 4.79 Å². The quantitative estimate of drug-likeness (QED) is 0.656. The second kappa shape index (κ2) is 5.90. The molecule has 3 amide bonds. The number of likely N-dealkylation sites (tertiary alicyclic amines) is 1. The summed E-state index contributed by atoms with van der Waals surface area (Å²) in [6, 6.07) is -0.00880. The van der Waals surface area contributed by atoms with E-state index < -0.39 is 5.97 Å². The van der Waals surface area contributed by atoms with Crippen molar-refractivity contribution in [3.05, 3.63) is 0 Å². The number of carbonyl (C=O) groups is 3. The van der Waals surface area contributed by atoms with Gasteiger partial charge in [-0.05, 0) is 25.7 Å². The van der Waals surface area contributed by atoms with Gasteiger partial charge in [0.15, 0.2) is 0 Å². The summed E-state index contributed by atoms with van der Waals surface area (Å²) in [4.78, 5) is 35.5. The fraction of sp³-hybridized carbons (Fsp3) is 0.750. The molecule has 0 unspecified atom stereocenters. The Labute approximate surface area is 111 Å². The second-order valence-corrected chi connectivity index (χ2v) is 5.10. The van der Waals surface area contributed by atoms with Gasteiger partial charge < -0.3 is 20.6 Å². The van der Waals surface area contributed by atoms with Gasteiger partial charge in [-0.1, -0.05) is 0 Å². The number of carbonyl (C=O) groups excluding carboxylic acids is 2. The van der Waals surface area contributed by atoms with Crippen LogP contribution in [0.3, 0.4) is 0 Å². The predicted octanol–water partition coefficient (Wildman–Crippen LogP) is -0.229. The summed E-state index contributed by atoms with van der Waals surface area (Å²) in [6.45, 7) is 0.828. The van der Waals surface area contributed by atoms with E-state index in [0.29, 0.717) is 25.9 Å². The van der Waals surface area contributed by atoms with Crippen LogP contribution < -0.4 is 10.6 Å². The lowest BCUT2D eigenvalue weighted by Crippen LogP contribution is -2.48. The summed E-state index contributed by atoms with van der Waals surface area (Å²) in [7, 11) is 0. The Bertz CT molecular complexity index is 373. The van der Waals surface area contributed by atoms with E-state index in [2.05, 4.69) is 10.6 Å². The Hall–Kier alpha value is -1.79. The van der Waals surface area contributed by atoms with E-state index in [0.717, 1.165) is 12.8 Å². The van der Waals surface area contributed by atoms with Crippen LogP contribution in [0, 0.1) is 5.92 Å². The molecule has 7 heteroatoms. The highest BCUT2D eigenvalue weighted by Gasteiger charge is 2.27. The zero-order valence-corrected chi connectivity index (χ0v) is 10.7. The van der Waals surface area contributed by atoms with Crippen molar-refractivity contribution in [1.82, 2.24) is 15.5 Å². The third-order valence-corrected chi connectivity index (χ3v) is 3.47. The van der Waals surface area contributed by atoms with Gasteiger partial charge >= 0.3 is 12.0 Å². The summed E-state index contributed by atoms with van der Waals surface area (Å²) in [5.74, 6) is -1.33. The molecule has 1 saturated heterocycles. The Balaban J connectivity index is 1.66. The topological polar surface area (TPSA) is 98.7 Å². The fourth-order valence-corrected chi connectivity index (χ4v) is 2.10. The predicted molar refractivity (Wildman–Crippen MR) is 66.5 cm³/mol. The number of piperidine rings is 1. The first-order valence-electron chi connectivity index (χ1n) is 6.61. The van der Waals surface area contributed by atoms with Gasteiger partial charge in [0, 0.05) is 19.1 Å². The van der Waals surface area contributed by atoms with Crippen LogP contribution >= 0.6 is 0 Å². The molecule has 0 aromatic carbocycles. The number of nitrogens with zero attached hydrogens (tertiary/aromatic N) is 1. The molecule has 1 heterocycles. The lowest BCUT2D eigenvalue weighted by atomic mass is 9.97. The Morgan fingerprint density at radius 1 is 1.11 bits per heavy atom. The minimum Gasteiger partial charge on any atom is -0.481 e. The maximum atomic E-state index is 11.8. The van der Waals surface area contributed by atoms with Crippen LogP contribution in [0.1, 0.15) is 25.7 Å². The van der Waals surface area contributed by atoms with Crippen molar-refractivity contribution in [3.8, 4) is 0 Å². The summed E-state index contributed by atoms with van der Waals surface area (Å²) in [6.07, 6.45) is 2.97. The summed E-state index contributed by atoms with van der Waals surface area (Å²) < 4.78 is 0. The number of hydrogen-bond donors (Lipinski definition) is 3. The van der Waals surface area contributed by atoms with Crippen LogP contribution in [0.2, 0.25) is 0 Å². The van der Waals surface area contributed by atoms with Gasteiger partial charge in [-0.2, -0.15) is 0 Å². The minimum absolute atomic E-state index is 0.0197. The van der Waals surface area contributed by atoms with Crippen LogP contribution in [0.25, 0.3) is 0 Å². The standard InChI is InChI=1S/C12H19N3O4/c16-10(14-9-1-2-9)7-13-12(19)15-5-3-8(4-6-15)11(17)18/h8-9H,1-7H2,(H,13,19)(H,14,16)(H,17,18). The van der Waals surface area contributed by atoms with Crippen molar-refractivity contribution in [2.75, 3.05) is 19.6 Å². The van der Waals surface area contributed by atoms with Crippen molar-refractivity contribution >= 4 is 17.9 Å². The normalized spacial score (nSPS) is 19.9. The molecule has 0 atom stereocenters. The molecule has 0 aromatic rings. The van der Waals surface area contributed by atoms with Gasteiger partial charge in [0.2, 0.25) is 5.91 Å². The zero-order chi connectivity index (χ0) is 13.8. The molecule has 0 spiro atoms. The minimum atomic E-state index is -0.802. The number of carboxylic acids is 1. The maximum Gasteiger partial charge on any atom is 0.317 e. The van der Waals surface area contributed by atoms with Crippen molar-refractivity contribution in [1.29, 1.82) is 0 Å². The van der Waals surface area contributed by atoms with E-state index >= 15 is 0 Å². The third-order valence-electron chi connectivity index (χ3n) is 3.47. The van der Waals surface area contributed by atoms with Gasteiger partial charge in [0.25, 0.3) is 0 Å². The first-order valence-corrected chi connectivity index (χ1v) is 6.61. The molecule has 0 aromatic heterocycles. The second-order valence-electron chi connectivity index (χ2n) is 5.10. The molecule has 2 fully saturated rings. The summed E-state index contributed by atoms with van der Waals surface area (Å²) >= 11 is 0. The van der Waals surface area contributed by atoms with Gasteiger partial charge in [-0.25, -0.2) is 4.79 Å². The molecule has 106 valence electrons. The molecule has 1 aliphatic carbocycles. The van der Waals surface area contributed by atoms with E-state index in [1.165, 1.54) is 0 Å². The molecule has 2 rings (SSSR count). The molecule has 1 aliphatic heterocycles. The highest BCUT2D eigenvalue weighted by atomic mass is 16.4. The number of nitrogens with one attached hydrogen (secondary N) is 2. The van der Waals surface area contributed by atoms with Crippen molar-refractivity contribution in [2.45, 2.75) is 31.7 Å². The third kappa shape index (κ3) is 4.11. The Morgan fingerprint density at radius 2 is 1.74 bits per heavy atom. The average Bonchev–Trinajstić information content (AvgIpc) is 3.20. The Kier molecular flexibility index (Phi) is 4.24.